The van der Waals surface area contributed by atoms with E-state index >= 15 is 0 Å². The first kappa shape index (κ1) is 18.4. The van der Waals surface area contributed by atoms with Crippen LogP contribution in [-0.4, -0.2) is 49.2 Å². The Kier molecular flexibility index (Phi) is 5.86. The third kappa shape index (κ3) is 4.14. The Labute approximate surface area is 146 Å². The number of sulfonamides is 1. The molecule has 2 rings (SSSR count). The molecule has 2 unspecified atom stereocenters. The van der Waals surface area contributed by atoms with Gasteiger partial charge in [-0.2, -0.15) is 4.31 Å². The molecule has 2 atom stereocenters. The van der Waals surface area contributed by atoms with Crippen molar-refractivity contribution in [3.8, 4) is 0 Å². The summed E-state index contributed by atoms with van der Waals surface area (Å²) in [5.74, 6) is -0.132. The highest BCUT2D eigenvalue weighted by Gasteiger charge is 2.31. The van der Waals surface area contributed by atoms with E-state index in [0.29, 0.717) is 0 Å². The zero-order valence-electron chi connectivity index (χ0n) is 13.7. The van der Waals surface area contributed by atoms with E-state index in [1.807, 2.05) is 18.7 Å². The Bertz CT molecular complexity index is 650. The molecule has 0 aromatic heterocycles. The van der Waals surface area contributed by atoms with E-state index in [1.54, 1.807) is 12.1 Å². The van der Waals surface area contributed by atoms with Crippen molar-refractivity contribution in [2.45, 2.75) is 50.1 Å². The van der Waals surface area contributed by atoms with Crippen molar-refractivity contribution in [1.82, 2.24) is 9.21 Å². The fraction of sp³-hybridized carbons (Fsp3) is 0.562. The van der Waals surface area contributed by atoms with Crippen LogP contribution in [0.2, 0.25) is 0 Å². The van der Waals surface area contributed by atoms with Crippen LogP contribution < -0.4 is 0 Å². The Morgan fingerprint density at radius 3 is 2.26 bits per heavy atom. The topological polar surface area (TPSA) is 57.7 Å². The molecule has 0 radical (unpaired) electrons. The largest absolute Gasteiger partial charge is 0.336 e. The number of carbonyl (C=O) groups is 1. The summed E-state index contributed by atoms with van der Waals surface area (Å²) in [7, 11) is -2.21. The molecule has 0 spiro atoms. The van der Waals surface area contributed by atoms with Gasteiger partial charge in [-0.1, -0.05) is 15.9 Å². The summed E-state index contributed by atoms with van der Waals surface area (Å²) >= 11 is 3.29. The normalized spacial score (nSPS) is 22.4. The van der Waals surface area contributed by atoms with Gasteiger partial charge in [-0.05, 0) is 57.4 Å². The molecule has 1 aromatic carbocycles. The van der Waals surface area contributed by atoms with E-state index in [2.05, 4.69) is 15.9 Å². The van der Waals surface area contributed by atoms with E-state index in [-0.39, 0.29) is 29.4 Å². The molecule has 0 N–H and O–H groups in total. The number of hydrogen-bond donors (Lipinski definition) is 0. The lowest BCUT2D eigenvalue weighted by Crippen LogP contribution is -2.51. The third-order valence-electron chi connectivity index (χ3n) is 4.36. The Balaban J connectivity index is 2.12. The number of likely N-dealkylation sites (N-methyl/N-ethyl adjacent to an activating group) is 1. The SMILES string of the molecule is CC1CCCC(C)N1C(=O)CN(C)S(=O)(=O)c1ccc(Br)cc1. The van der Waals surface area contributed by atoms with Crippen molar-refractivity contribution >= 4 is 31.9 Å². The van der Waals surface area contributed by atoms with Gasteiger partial charge < -0.3 is 4.90 Å². The van der Waals surface area contributed by atoms with E-state index in [4.69, 9.17) is 0 Å². The number of halogens is 1. The third-order valence-corrected chi connectivity index (χ3v) is 6.71. The number of rotatable bonds is 4. The maximum atomic E-state index is 12.6. The van der Waals surface area contributed by atoms with Gasteiger partial charge in [0.25, 0.3) is 0 Å². The van der Waals surface area contributed by atoms with Crippen LogP contribution >= 0.6 is 15.9 Å². The van der Waals surface area contributed by atoms with Gasteiger partial charge in [-0.15, -0.1) is 0 Å². The average molecular weight is 403 g/mol. The molecule has 1 heterocycles. The Hall–Kier alpha value is -0.920. The molecule has 0 saturated carbocycles. The summed E-state index contributed by atoms with van der Waals surface area (Å²) in [6.45, 7) is 3.92. The van der Waals surface area contributed by atoms with Gasteiger partial charge in [0.15, 0.2) is 0 Å². The lowest BCUT2D eigenvalue weighted by atomic mass is 9.97. The van der Waals surface area contributed by atoms with Crippen molar-refractivity contribution in [3.63, 3.8) is 0 Å². The smallest absolute Gasteiger partial charge is 0.243 e. The maximum Gasteiger partial charge on any atom is 0.243 e. The van der Waals surface area contributed by atoms with Gasteiger partial charge in [0.1, 0.15) is 0 Å². The molecule has 128 valence electrons. The summed E-state index contributed by atoms with van der Waals surface area (Å²) < 4.78 is 27.1. The first-order valence-electron chi connectivity index (χ1n) is 7.76. The van der Waals surface area contributed by atoms with Crippen LogP contribution in [0.15, 0.2) is 33.6 Å². The van der Waals surface area contributed by atoms with Crippen LogP contribution in [-0.2, 0) is 14.8 Å². The lowest BCUT2D eigenvalue weighted by Gasteiger charge is -2.39. The first-order valence-corrected chi connectivity index (χ1v) is 10.00. The van der Waals surface area contributed by atoms with Crippen LogP contribution in [0.3, 0.4) is 0 Å². The summed E-state index contributed by atoms with van der Waals surface area (Å²) in [6.07, 6.45) is 3.05. The highest BCUT2D eigenvalue weighted by Crippen LogP contribution is 2.23. The minimum absolute atomic E-state index is 0.132. The molecule has 1 amide bonds. The Morgan fingerprint density at radius 2 is 1.74 bits per heavy atom. The molecule has 0 bridgehead atoms. The number of nitrogens with zero attached hydrogens (tertiary/aromatic N) is 2. The van der Waals surface area contributed by atoms with Gasteiger partial charge in [0, 0.05) is 23.6 Å². The standard InChI is InChI=1S/C16H23BrN2O3S/c1-12-5-4-6-13(2)19(12)16(20)11-18(3)23(21,22)15-9-7-14(17)8-10-15/h7-10,12-13H,4-6,11H2,1-3H3. The molecule has 7 heteroatoms. The minimum atomic E-state index is -3.66. The van der Waals surface area contributed by atoms with Gasteiger partial charge in [0.05, 0.1) is 11.4 Å². The number of piperidine rings is 1. The fourth-order valence-corrected chi connectivity index (χ4v) is 4.44. The molecule has 1 aromatic rings. The molecular formula is C16H23BrN2O3S. The number of hydrogen-bond acceptors (Lipinski definition) is 3. The number of carbonyl (C=O) groups excluding carboxylic acids is 1. The monoisotopic (exact) mass is 402 g/mol. The second-order valence-electron chi connectivity index (χ2n) is 6.14. The summed E-state index contributed by atoms with van der Waals surface area (Å²) in [5, 5.41) is 0. The van der Waals surface area contributed by atoms with Crippen LogP contribution in [0, 0.1) is 0 Å². The molecule has 1 saturated heterocycles. The van der Waals surface area contributed by atoms with Crippen molar-refractivity contribution in [2.75, 3.05) is 13.6 Å². The van der Waals surface area contributed by atoms with Gasteiger partial charge in [0.2, 0.25) is 15.9 Å². The van der Waals surface area contributed by atoms with Crippen molar-refractivity contribution in [3.05, 3.63) is 28.7 Å². The average Bonchev–Trinajstić information content (AvgIpc) is 2.47. The molecule has 1 aliphatic rings. The second-order valence-corrected chi connectivity index (χ2v) is 9.11. The van der Waals surface area contributed by atoms with Crippen molar-refractivity contribution in [1.29, 1.82) is 0 Å². The molecule has 1 aliphatic heterocycles. The number of benzene rings is 1. The number of likely N-dealkylation sites (tertiary alicyclic amines) is 1. The maximum absolute atomic E-state index is 12.6. The quantitative estimate of drug-likeness (QED) is 0.777. The molecule has 23 heavy (non-hydrogen) atoms. The predicted octanol–water partition coefficient (Wildman–Crippen LogP) is 2.86. The summed E-state index contributed by atoms with van der Waals surface area (Å²) in [4.78, 5) is 14.6. The van der Waals surface area contributed by atoms with Gasteiger partial charge in [-0.25, -0.2) is 8.42 Å². The lowest BCUT2D eigenvalue weighted by molar-refractivity contribution is -0.137. The fourth-order valence-electron chi connectivity index (χ4n) is 3.06. The summed E-state index contributed by atoms with van der Waals surface area (Å²) in [6, 6.07) is 6.75. The first-order chi connectivity index (χ1) is 10.7. The van der Waals surface area contributed by atoms with E-state index in [9.17, 15) is 13.2 Å². The van der Waals surface area contributed by atoms with Crippen molar-refractivity contribution < 1.29 is 13.2 Å². The summed E-state index contributed by atoms with van der Waals surface area (Å²) in [5.41, 5.74) is 0. The molecular weight excluding hydrogens is 380 g/mol. The minimum Gasteiger partial charge on any atom is -0.336 e. The van der Waals surface area contributed by atoms with Gasteiger partial charge in [-0.3, -0.25) is 4.79 Å². The molecule has 0 aliphatic carbocycles. The Morgan fingerprint density at radius 1 is 1.22 bits per heavy atom. The van der Waals surface area contributed by atoms with Crippen LogP contribution in [0.25, 0.3) is 0 Å². The number of amides is 1. The predicted molar refractivity (Wildman–Crippen MR) is 93.6 cm³/mol. The molecule has 1 fully saturated rings. The van der Waals surface area contributed by atoms with E-state index in [0.717, 1.165) is 28.0 Å². The van der Waals surface area contributed by atoms with E-state index in [1.165, 1.54) is 19.2 Å². The van der Waals surface area contributed by atoms with E-state index < -0.39 is 10.0 Å². The van der Waals surface area contributed by atoms with Crippen molar-refractivity contribution in [2.24, 2.45) is 0 Å². The molecule has 5 nitrogen and oxygen atoms in total. The van der Waals surface area contributed by atoms with Gasteiger partial charge >= 0.3 is 0 Å². The van der Waals surface area contributed by atoms with Crippen LogP contribution in [0.1, 0.15) is 33.1 Å². The second kappa shape index (κ2) is 7.32. The zero-order valence-corrected chi connectivity index (χ0v) is 16.1. The zero-order chi connectivity index (χ0) is 17.2. The van der Waals surface area contributed by atoms with Crippen LogP contribution in [0.5, 0.6) is 0 Å². The highest BCUT2D eigenvalue weighted by atomic mass is 79.9. The van der Waals surface area contributed by atoms with Crippen LogP contribution in [0.4, 0.5) is 0 Å². The highest BCUT2D eigenvalue weighted by molar-refractivity contribution is 9.10.